The Labute approximate surface area is 165 Å². The van der Waals surface area contributed by atoms with Gasteiger partial charge in [0.1, 0.15) is 5.75 Å². The smallest absolute Gasteiger partial charge is 0.255 e. The lowest BCUT2D eigenvalue weighted by Gasteiger charge is -2.19. The number of benzene rings is 2. The van der Waals surface area contributed by atoms with Crippen LogP contribution in [0.5, 0.6) is 5.75 Å². The number of carbonyl (C=O) groups excluding carboxylic acids is 1. The lowest BCUT2D eigenvalue weighted by molar-refractivity contribution is 0.0781. The summed E-state index contributed by atoms with van der Waals surface area (Å²) in [7, 11) is 1.85. The van der Waals surface area contributed by atoms with Crippen molar-refractivity contribution in [1.82, 2.24) is 4.90 Å². The molecule has 1 aliphatic heterocycles. The number of rotatable bonds is 8. The van der Waals surface area contributed by atoms with Crippen LogP contribution in [0.4, 0.5) is 0 Å². The molecular formula is C22H27NO3S. The number of nitrogens with zero attached hydrogens (tertiary/aromatic N) is 1. The van der Waals surface area contributed by atoms with E-state index in [1.165, 1.54) is 0 Å². The molecule has 0 aliphatic carbocycles. The standard InChI is InChI=1S/C22H27NO3S/c1-3-25-18-12-10-17(11-13-18)15-23(2)22(24)20-8-4-5-9-21(20)27-16-19-7-6-14-26-19/h4-5,8-13,19H,3,6-7,14-16H2,1-2H3. The zero-order valence-electron chi connectivity index (χ0n) is 16.0. The predicted octanol–water partition coefficient (Wildman–Crippen LogP) is 4.63. The number of hydrogen-bond acceptors (Lipinski definition) is 4. The van der Waals surface area contributed by atoms with Gasteiger partial charge in [0, 0.05) is 30.8 Å². The molecule has 27 heavy (non-hydrogen) atoms. The summed E-state index contributed by atoms with van der Waals surface area (Å²) in [4.78, 5) is 15.8. The minimum Gasteiger partial charge on any atom is -0.494 e. The fourth-order valence-electron chi connectivity index (χ4n) is 3.14. The first-order valence-corrected chi connectivity index (χ1v) is 10.5. The summed E-state index contributed by atoms with van der Waals surface area (Å²) in [5.41, 5.74) is 1.84. The van der Waals surface area contributed by atoms with Crippen molar-refractivity contribution in [2.45, 2.75) is 37.3 Å². The summed E-state index contributed by atoms with van der Waals surface area (Å²) in [6.45, 7) is 4.04. The molecule has 3 rings (SSSR count). The molecule has 144 valence electrons. The van der Waals surface area contributed by atoms with E-state index in [0.29, 0.717) is 19.3 Å². The van der Waals surface area contributed by atoms with Crippen LogP contribution in [-0.2, 0) is 11.3 Å². The second kappa shape index (κ2) is 9.81. The van der Waals surface area contributed by atoms with E-state index in [2.05, 4.69) is 0 Å². The van der Waals surface area contributed by atoms with Crippen LogP contribution in [0.15, 0.2) is 53.4 Å². The first kappa shape index (κ1) is 19.8. The Morgan fingerprint density at radius 1 is 1.22 bits per heavy atom. The van der Waals surface area contributed by atoms with Crippen molar-refractivity contribution in [3.8, 4) is 5.75 Å². The average molecular weight is 386 g/mol. The molecule has 4 nitrogen and oxygen atoms in total. The quantitative estimate of drug-likeness (QED) is 0.621. The molecule has 0 bridgehead atoms. The van der Waals surface area contributed by atoms with Crippen LogP contribution < -0.4 is 4.74 Å². The molecule has 0 saturated carbocycles. The number of hydrogen-bond donors (Lipinski definition) is 0. The van der Waals surface area contributed by atoms with Gasteiger partial charge in [0.15, 0.2) is 0 Å². The number of amides is 1. The molecule has 0 spiro atoms. The van der Waals surface area contributed by atoms with Crippen molar-refractivity contribution < 1.29 is 14.3 Å². The van der Waals surface area contributed by atoms with Gasteiger partial charge < -0.3 is 14.4 Å². The molecule has 1 atom stereocenters. The van der Waals surface area contributed by atoms with E-state index in [1.54, 1.807) is 16.7 Å². The Bertz CT molecular complexity index is 741. The zero-order valence-corrected chi connectivity index (χ0v) is 16.8. The van der Waals surface area contributed by atoms with Gasteiger partial charge in [-0.1, -0.05) is 24.3 Å². The fraction of sp³-hybridized carbons (Fsp3) is 0.409. The SMILES string of the molecule is CCOc1ccc(CN(C)C(=O)c2ccccc2SCC2CCCO2)cc1. The van der Waals surface area contributed by atoms with Crippen LogP contribution in [0.2, 0.25) is 0 Å². The second-order valence-corrected chi connectivity index (χ2v) is 7.74. The third kappa shape index (κ3) is 5.50. The number of ether oxygens (including phenoxy) is 2. The van der Waals surface area contributed by atoms with E-state index in [-0.39, 0.29) is 5.91 Å². The van der Waals surface area contributed by atoms with Crippen molar-refractivity contribution >= 4 is 17.7 Å². The lowest BCUT2D eigenvalue weighted by atomic mass is 10.1. The third-order valence-electron chi connectivity index (χ3n) is 4.57. The zero-order chi connectivity index (χ0) is 19.1. The topological polar surface area (TPSA) is 38.8 Å². The maximum absolute atomic E-state index is 13.0. The van der Waals surface area contributed by atoms with Gasteiger partial charge in [-0.05, 0) is 49.6 Å². The summed E-state index contributed by atoms with van der Waals surface area (Å²) in [6, 6.07) is 15.8. The molecule has 1 unspecified atom stereocenters. The summed E-state index contributed by atoms with van der Waals surface area (Å²) in [5.74, 6) is 1.79. The van der Waals surface area contributed by atoms with Crippen LogP contribution in [-0.4, -0.2) is 42.9 Å². The fourth-order valence-corrected chi connectivity index (χ4v) is 4.25. The van der Waals surface area contributed by atoms with E-state index in [4.69, 9.17) is 9.47 Å². The van der Waals surface area contributed by atoms with Crippen LogP contribution in [0.3, 0.4) is 0 Å². The Morgan fingerprint density at radius 2 is 2.00 bits per heavy atom. The first-order valence-electron chi connectivity index (χ1n) is 9.48. The highest BCUT2D eigenvalue weighted by atomic mass is 32.2. The van der Waals surface area contributed by atoms with E-state index < -0.39 is 0 Å². The Balaban J connectivity index is 1.63. The van der Waals surface area contributed by atoms with E-state index in [1.807, 2.05) is 62.5 Å². The summed E-state index contributed by atoms with van der Waals surface area (Å²) in [6.07, 6.45) is 2.55. The molecule has 0 aromatic heterocycles. The average Bonchev–Trinajstić information content (AvgIpc) is 3.21. The number of thioether (sulfide) groups is 1. The minimum atomic E-state index is 0.0410. The number of carbonyl (C=O) groups is 1. The second-order valence-electron chi connectivity index (χ2n) is 6.68. The maximum Gasteiger partial charge on any atom is 0.255 e. The monoisotopic (exact) mass is 385 g/mol. The molecule has 2 aromatic rings. The molecular weight excluding hydrogens is 358 g/mol. The maximum atomic E-state index is 13.0. The van der Waals surface area contributed by atoms with Gasteiger partial charge in [0.25, 0.3) is 5.91 Å². The molecule has 0 N–H and O–H groups in total. The molecule has 1 amide bonds. The van der Waals surface area contributed by atoms with Crippen molar-refractivity contribution in [2.75, 3.05) is 26.0 Å². The summed E-state index contributed by atoms with van der Waals surface area (Å²) >= 11 is 1.71. The summed E-state index contributed by atoms with van der Waals surface area (Å²) in [5, 5.41) is 0. The van der Waals surface area contributed by atoms with Gasteiger partial charge in [0.05, 0.1) is 18.3 Å². The van der Waals surface area contributed by atoms with Gasteiger partial charge in [-0.2, -0.15) is 0 Å². The Kier molecular flexibility index (Phi) is 7.18. The van der Waals surface area contributed by atoms with Crippen LogP contribution in [0.25, 0.3) is 0 Å². The normalized spacial score (nSPS) is 16.3. The van der Waals surface area contributed by atoms with Crippen molar-refractivity contribution in [2.24, 2.45) is 0 Å². The Morgan fingerprint density at radius 3 is 2.70 bits per heavy atom. The largest absolute Gasteiger partial charge is 0.494 e. The highest BCUT2D eigenvalue weighted by Crippen LogP contribution is 2.27. The molecule has 0 radical (unpaired) electrons. The minimum absolute atomic E-state index is 0.0410. The Hall–Kier alpha value is -1.98. The third-order valence-corrected chi connectivity index (χ3v) is 5.77. The molecule has 5 heteroatoms. The van der Waals surface area contributed by atoms with Gasteiger partial charge in [0.2, 0.25) is 0 Å². The lowest BCUT2D eigenvalue weighted by Crippen LogP contribution is -2.26. The van der Waals surface area contributed by atoms with Crippen LogP contribution >= 0.6 is 11.8 Å². The van der Waals surface area contributed by atoms with Crippen molar-refractivity contribution in [1.29, 1.82) is 0 Å². The van der Waals surface area contributed by atoms with E-state index in [0.717, 1.165) is 47.0 Å². The molecule has 1 heterocycles. The van der Waals surface area contributed by atoms with E-state index >= 15 is 0 Å². The van der Waals surface area contributed by atoms with Crippen LogP contribution in [0, 0.1) is 0 Å². The molecule has 1 aliphatic rings. The van der Waals surface area contributed by atoms with E-state index in [9.17, 15) is 4.79 Å². The predicted molar refractivity (Wildman–Crippen MR) is 110 cm³/mol. The van der Waals surface area contributed by atoms with Gasteiger partial charge >= 0.3 is 0 Å². The molecule has 1 saturated heterocycles. The first-order chi connectivity index (χ1) is 13.2. The highest BCUT2D eigenvalue weighted by Gasteiger charge is 2.19. The summed E-state index contributed by atoms with van der Waals surface area (Å²) < 4.78 is 11.2. The highest BCUT2D eigenvalue weighted by molar-refractivity contribution is 7.99. The van der Waals surface area contributed by atoms with Crippen molar-refractivity contribution in [3.63, 3.8) is 0 Å². The van der Waals surface area contributed by atoms with Gasteiger partial charge in [-0.3, -0.25) is 4.79 Å². The van der Waals surface area contributed by atoms with Crippen molar-refractivity contribution in [3.05, 3.63) is 59.7 Å². The molecule has 1 fully saturated rings. The van der Waals surface area contributed by atoms with Gasteiger partial charge in [-0.15, -0.1) is 11.8 Å². The van der Waals surface area contributed by atoms with Crippen LogP contribution in [0.1, 0.15) is 35.7 Å². The molecule has 2 aromatic carbocycles. The van der Waals surface area contributed by atoms with Gasteiger partial charge in [-0.25, -0.2) is 0 Å².